The fourth-order valence-corrected chi connectivity index (χ4v) is 1.78. The van der Waals surface area contributed by atoms with E-state index < -0.39 is 11.9 Å². The molecule has 4 heteroatoms. The van der Waals surface area contributed by atoms with Gasteiger partial charge in [-0.05, 0) is 31.9 Å². The van der Waals surface area contributed by atoms with Crippen LogP contribution in [0.3, 0.4) is 0 Å². The van der Waals surface area contributed by atoms with Crippen molar-refractivity contribution < 1.29 is 19.1 Å². The maximum absolute atomic E-state index is 11.4. The summed E-state index contributed by atoms with van der Waals surface area (Å²) in [5.41, 5.74) is 2.36. The minimum absolute atomic E-state index is 0.268. The maximum Gasteiger partial charge on any atom is 0.308 e. The lowest BCUT2D eigenvalue weighted by Crippen LogP contribution is -2.10. The molecule has 0 amide bonds. The molecule has 4 nitrogen and oxygen atoms in total. The summed E-state index contributed by atoms with van der Waals surface area (Å²) in [4.78, 5) is 22.7. The molecule has 112 valence electrons. The predicted octanol–water partition coefficient (Wildman–Crippen LogP) is 3.84. The Labute approximate surface area is 125 Å². The molecule has 1 aromatic rings. The van der Waals surface area contributed by atoms with Gasteiger partial charge >= 0.3 is 11.9 Å². The third-order valence-electron chi connectivity index (χ3n) is 2.70. The standard InChI is InChI=1S/C17H20O4/c1-11(2)16(20-13(4)18)17(21-14(5)19)12(3)15-9-7-6-8-10-15/h6-10H,1-5H3/b17-12+. The van der Waals surface area contributed by atoms with E-state index in [0.717, 1.165) is 16.7 Å². The van der Waals surface area contributed by atoms with Crippen molar-refractivity contribution in [1.29, 1.82) is 0 Å². The van der Waals surface area contributed by atoms with E-state index in [-0.39, 0.29) is 11.5 Å². The average molecular weight is 288 g/mol. The van der Waals surface area contributed by atoms with Crippen LogP contribution in [0.25, 0.3) is 5.57 Å². The first kappa shape index (κ1) is 16.7. The smallest absolute Gasteiger partial charge is 0.308 e. The number of hydrogen-bond donors (Lipinski definition) is 0. The molecule has 0 unspecified atom stereocenters. The second-order valence-corrected chi connectivity index (χ2v) is 4.84. The van der Waals surface area contributed by atoms with Crippen molar-refractivity contribution in [3.05, 3.63) is 53.0 Å². The second kappa shape index (κ2) is 7.43. The zero-order valence-corrected chi connectivity index (χ0v) is 13.0. The summed E-state index contributed by atoms with van der Waals surface area (Å²) in [6, 6.07) is 9.47. The van der Waals surface area contributed by atoms with Crippen LogP contribution in [0.4, 0.5) is 0 Å². The van der Waals surface area contributed by atoms with Crippen LogP contribution < -0.4 is 0 Å². The average Bonchev–Trinajstić information content (AvgIpc) is 2.42. The van der Waals surface area contributed by atoms with Gasteiger partial charge in [0.15, 0.2) is 11.5 Å². The van der Waals surface area contributed by atoms with Crippen LogP contribution in [0, 0.1) is 0 Å². The van der Waals surface area contributed by atoms with Gasteiger partial charge in [-0.3, -0.25) is 9.59 Å². The van der Waals surface area contributed by atoms with Crippen LogP contribution in [0.1, 0.15) is 40.2 Å². The van der Waals surface area contributed by atoms with Crippen molar-refractivity contribution in [3.8, 4) is 0 Å². The Morgan fingerprint density at radius 1 is 0.762 bits per heavy atom. The van der Waals surface area contributed by atoms with E-state index in [1.54, 1.807) is 13.8 Å². The van der Waals surface area contributed by atoms with Crippen molar-refractivity contribution in [3.63, 3.8) is 0 Å². The summed E-state index contributed by atoms with van der Waals surface area (Å²) in [7, 11) is 0. The fraction of sp³-hybridized carbons (Fsp3) is 0.294. The third-order valence-corrected chi connectivity index (χ3v) is 2.70. The van der Waals surface area contributed by atoms with E-state index in [0.29, 0.717) is 0 Å². The largest absolute Gasteiger partial charge is 0.423 e. The summed E-state index contributed by atoms with van der Waals surface area (Å²) in [6.07, 6.45) is 0. The number of carbonyl (C=O) groups excluding carboxylic acids is 2. The molecular formula is C17H20O4. The molecule has 0 aliphatic rings. The topological polar surface area (TPSA) is 52.6 Å². The van der Waals surface area contributed by atoms with Crippen LogP contribution in [-0.4, -0.2) is 11.9 Å². The molecule has 0 heterocycles. The Balaban J connectivity index is 3.43. The van der Waals surface area contributed by atoms with Crippen molar-refractivity contribution in [2.24, 2.45) is 0 Å². The van der Waals surface area contributed by atoms with E-state index in [2.05, 4.69) is 0 Å². The van der Waals surface area contributed by atoms with E-state index >= 15 is 0 Å². The quantitative estimate of drug-likeness (QED) is 0.480. The predicted molar refractivity (Wildman–Crippen MR) is 80.9 cm³/mol. The van der Waals surface area contributed by atoms with Crippen LogP contribution in [-0.2, 0) is 19.1 Å². The molecule has 0 aromatic heterocycles. The monoisotopic (exact) mass is 288 g/mol. The maximum atomic E-state index is 11.4. The Morgan fingerprint density at radius 3 is 1.67 bits per heavy atom. The summed E-state index contributed by atoms with van der Waals surface area (Å²) in [5.74, 6) is -0.383. The van der Waals surface area contributed by atoms with Gasteiger partial charge in [-0.2, -0.15) is 0 Å². The third kappa shape index (κ3) is 4.91. The van der Waals surface area contributed by atoms with Gasteiger partial charge in [0.05, 0.1) is 0 Å². The van der Waals surface area contributed by atoms with Crippen molar-refractivity contribution in [2.45, 2.75) is 34.6 Å². The molecule has 0 aliphatic carbocycles. The van der Waals surface area contributed by atoms with Crippen LogP contribution >= 0.6 is 0 Å². The highest BCUT2D eigenvalue weighted by Gasteiger charge is 2.19. The normalized spacial score (nSPS) is 11.3. The molecule has 0 fully saturated rings. The van der Waals surface area contributed by atoms with Gasteiger partial charge in [-0.25, -0.2) is 0 Å². The van der Waals surface area contributed by atoms with Crippen molar-refractivity contribution >= 4 is 17.5 Å². The number of carbonyl (C=O) groups is 2. The number of esters is 2. The first-order chi connectivity index (χ1) is 9.82. The Morgan fingerprint density at radius 2 is 1.24 bits per heavy atom. The molecule has 0 radical (unpaired) electrons. The molecule has 1 rings (SSSR count). The van der Waals surface area contributed by atoms with E-state index in [1.807, 2.05) is 37.3 Å². The number of hydrogen-bond acceptors (Lipinski definition) is 4. The fourth-order valence-electron chi connectivity index (χ4n) is 1.78. The van der Waals surface area contributed by atoms with Gasteiger partial charge in [-0.15, -0.1) is 0 Å². The zero-order valence-electron chi connectivity index (χ0n) is 13.0. The first-order valence-electron chi connectivity index (χ1n) is 6.64. The highest BCUT2D eigenvalue weighted by molar-refractivity contribution is 5.76. The minimum Gasteiger partial charge on any atom is -0.423 e. The Kier molecular flexibility index (Phi) is 5.91. The zero-order chi connectivity index (χ0) is 16.0. The van der Waals surface area contributed by atoms with E-state index in [9.17, 15) is 9.59 Å². The van der Waals surface area contributed by atoms with Gasteiger partial charge in [0.25, 0.3) is 0 Å². The SMILES string of the molecule is CC(=O)OC(=C(C)C)/C(OC(C)=O)=C(/C)c1ccccc1. The van der Waals surface area contributed by atoms with Gasteiger partial charge in [0, 0.05) is 19.4 Å². The lowest BCUT2D eigenvalue weighted by atomic mass is 10.0. The van der Waals surface area contributed by atoms with E-state index in [1.165, 1.54) is 13.8 Å². The molecule has 0 spiro atoms. The van der Waals surface area contributed by atoms with Crippen molar-refractivity contribution in [2.75, 3.05) is 0 Å². The highest BCUT2D eigenvalue weighted by atomic mass is 16.6. The molecule has 1 aromatic carbocycles. The Bertz CT molecular complexity index is 590. The van der Waals surface area contributed by atoms with Gasteiger partial charge in [0.1, 0.15) is 0 Å². The van der Waals surface area contributed by atoms with E-state index in [4.69, 9.17) is 9.47 Å². The molecule has 0 atom stereocenters. The number of ether oxygens (including phenoxy) is 2. The first-order valence-corrected chi connectivity index (χ1v) is 6.64. The van der Waals surface area contributed by atoms with Crippen LogP contribution in [0.2, 0.25) is 0 Å². The molecule has 0 N–H and O–H groups in total. The minimum atomic E-state index is -0.466. The molecule has 0 bridgehead atoms. The number of rotatable bonds is 4. The molecule has 0 aliphatic heterocycles. The lowest BCUT2D eigenvalue weighted by molar-refractivity contribution is -0.141. The van der Waals surface area contributed by atoms with Crippen LogP contribution in [0.5, 0.6) is 0 Å². The van der Waals surface area contributed by atoms with Gasteiger partial charge in [-0.1, -0.05) is 30.3 Å². The number of allylic oxidation sites excluding steroid dienone is 2. The molecular weight excluding hydrogens is 268 g/mol. The molecule has 21 heavy (non-hydrogen) atoms. The lowest BCUT2D eigenvalue weighted by Gasteiger charge is -2.16. The van der Waals surface area contributed by atoms with Gasteiger partial charge in [0.2, 0.25) is 0 Å². The highest BCUT2D eigenvalue weighted by Crippen LogP contribution is 2.27. The Hall–Kier alpha value is -2.36. The number of benzene rings is 1. The van der Waals surface area contributed by atoms with Crippen LogP contribution in [0.15, 0.2) is 47.4 Å². The summed E-state index contributed by atoms with van der Waals surface area (Å²) in [5, 5.41) is 0. The van der Waals surface area contributed by atoms with Crippen molar-refractivity contribution in [1.82, 2.24) is 0 Å². The summed E-state index contributed by atoms with van der Waals surface area (Å²) in [6.45, 7) is 8.03. The molecule has 0 saturated heterocycles. The molecule has 0 saturated carbocycles. The second-order valence-electron chi connectivity index (χ2n) is 4.84. The summed E-state index contributed by atoms with van der Waals surface area (Å²) < 4.78 is 10.5. The van der Waals surface area contributed by atoms with Gasteiger partial charge < -0.3 is 9.47 Å². The summed E-state index contributed by atoms with van der Waals surface area (Å²) >= 11 is 0.